The zero-order valence-electron chi connectivity index (χ0n) is 23.0. The Bertz CT molecular complexity index is 1510. The summed E-state index contributed by atoms with van der Waals surface area (Å²) in [6, 6.07) is 30.7. The molecule has 4 aromatic rings. The van der Waals surface area contributed by atoms with Gasteiger partial charge in [-0.1, -0.05) is 91.0 Å². The van der Waals surface area contributed by atoms with E-state index in [0.717, 1.165) is 27.8 Å². The van der Waals surface area contributed by atoms with E-state index in [1.807, 2.05) is 66.7 Å². The van der Waals surface area contributed by atoms with Crippen LogP contribution in [0.3, 0.4) is 0 Å². The fourth-order valence-corrected chi connectivity index (χ4v) is 5.37. The Kier molecular flexibility index (Phi) is 8.82. The monoisotopic (exact) mass is 564 g/mol. The van der Waals surface area contributed by atoms with E-state index in [9.17, 15) is 24.6 Å². The third kappa shape index (κ3) is 6.78. The number of hydrogen-bond acceptors (Lipinski definition) is 5. The molecule has 0 bridgehead atoms. The molecule has 0 spiro atoms. The number of carboxylic acids is 1. The molecule has 8 heteroatoms. The van der Waals surface area contributed by atoms with Crippen LogP contribution in [0.2, 0.25) is 0 Å². The maximum Gasteiger partial charge on any atom is 0.407 e. The summed E-state index contributed by atoms with van der Waals surface area (Å²) >= 11 is 0. The van der Waals surface area contributed by atoms with Crippen molar-refractivity contribution in [2.75, 3.05) is 13.2 Å². The topological polar surface area (TPSA) is 116 Å². The van der Waals surface area contributed by atoms with Gasteiger partial charge in [0.25, 0.3) is 0 Å². The van der Waals surface area contributed by atoms with Gasteiger partial charge in [0.15, 0.2) is 0 Å². The van der Waals surface area contributed by atoms with Gasteiger partial charge in [-0.25, -0.2) is 4.79 Å². The van der Waals surface area contributed by atoms with Gasteiger partial charge in [-0.05, 0) is 45.5 Å². The van der Waals surface area contributed by atoms with Crippen LogP contribution < -0.4 is 5.32 Å². The Morgan fingerprint density at radius 3 is 2.00 bits per heavy atom. The summed E-state index contributed by atoms with van der Waals surface area (Å²) in [5, 5.41) is 21.8. The first-order chi connectivity index (χ1) is 20.4. The smallest absolute Gasteiger partial charge is 0.407 e. The minimum absolute atomic E-state index is 0.0263. The predicted molar refractivity (Wildman–Crippen MR) is 158 cm³/mol. The van der Waals surface area contributed by atoms with Gasteiger partial charge in [0.2, 0.25) is 5.91 Å². The molecule has 0 fully saturated rings. The van der Waals surface area contributed by atoms with E-state index >= 15 is 0 Å². The van der Waals surface area contributed by atoms with E-state index in [1.165, 1.54) is 17.0 Å². The Morgan fingerprint density at radius 2 is 1.38 bits per heavy atom. The van der Waals surface area contributed by atoms with Crippen molar-refractivity contribution in [2.45, 2.75) is 31.3 Å². The van der Waals surface area contributed by atoms with Crippen LogP contribution in [-0.4, -0.2) is 52.3 Å². The molecule has 0 saturated carbocycles. The largest absolute Gasteiger partial charge is 0.508 e. The third-order valence-corrected chi connectivity index (χ3v) is 7.43. The molecule has 2 amide bonds. The van der Waals surface area contributed by atoms with E-state index in [2.05, 4.69) is 17.4 Å². The summed E-state index contributed by atoms with van der Waals surface area (Å²) < 4.78 is 5.72. The van der Waals surface area contributed by atoms with Crippen LogP contribution in [-0.2, 0) is 27.3 Å². The van der Waals surface area contributed by atoms with Crippen LogP contribution >= 0.6 is 0 Å². The highest BCUT2D eigenvalue weighted by atomic mass is 16.5. The predicted octanol–water partition coefficient (Wildman–Crippen LogP) is 5.35. The molecule has 3 N–H and O–H groups in total. The fourth-order valence-electron chi connectivity index (χ4n) is 5.37. The minimum atomic E-state index is -1.03. The maximum atomic E-state index is 13.9. The number of alkyl carbamates (subject to hydrolysis) is 1. The number of aromatic hydroxyl groups is 1. The second-order valence-corrected chi connectivity index (χ2v) is 10.3. The molecule has 214 valence electrons. The molecule has 42 heavy (non-hydrogen) atoms. The van der Waals surface area contributed by atoms with Crippen LogP contribution in [0.5, 0.6) is 5.75 Å². The number of rotatable bonds is 11. The van der Waals surface area contributed by atoms with Crippen molar-refractivity contribution < 1.29 is 29.3 Å². The Hall–Kier alpha value is -5.11. The van der Waals surface area contributed by atoms with E-state index in [4.69, 9.17) is 4.74 Å². The van der Waals surface area contributed by atoms with Crippen molar-refractivity contribution in [1.29, 1.82) is 0 Å². The van der Waals surface area contributed by atoms with Gasteiger partial charge in [-0.2, -0.15) is 0 Å². The number of phenolic OH excluding ortho intramolecular Hbond substituents is 1. The lowest BCUT2D eigenvalue weighted by Gasteiger charge is -2.28. The van der Waals surface area contributed by atoms with Crippen LogP contribution in [0.4, 0.5) is 4.79 Å². The van der Waals surface area contributed by atoms with E-state index in [1.54, 1.807) is 12.1 Å². The molecule has 0 heterocycles. The second kappa shape index (κ2) is 13.0. The number of hydrogen-bond donors (Lipinski definition) is 3. The number of fused-ring (bicyclic) bond motifs is 3. The van der Waals surface area contributed by atoms with Gasteiger partial charge < -0.3 is 25.2 Å². The second-order valence-electron chi connectivity index (χ2n) is 10.3. The quantitative estimate of drug-likeness (QED) is 0.226. The molecule has 4 aromatic carbocycles. The van der Waals surface area contributed by atoms with E-state index in [0.29, 0.717) is 5.56 Å². The lowest BCUT2D eigenvalue weighted by Crippen LogP contribution is -2.50. The number of nitrogens with zero attached hydrogens (tertiary/aromatic N) is 1. The molecular formula is C34H32N2O6. The van der Waals surface area contributed by atoms with E-state index < -0.39 is 24.0 Å². The molecule has 0 aliphatic heterocycles. The van der Waals surface area contributed by atoms with Crippen molar-refractivity contribution in [2.24, 2.45) is 0 Å². The summed E-state index contributed by atoms with van der Waals surface area (Å²) in [7, 11) is 0. The van der Waals surface area contributed by atoms with Crippen LogP contribution in [0.1, 0.15) is 34.6 Å². The van der Waals surface area contributed by atoms with Crippen molar-refractivity contribution in [1.82, 2.24) is 10.2 Å². The zero-order valence-corrected chi connectivity index (χ0v) is 23.0. The number of carbonyl (C=O) groups excluding carboxylic acids is 2. The lowest BCUT2D eigenvalue weighted by molar-refractivity contribution is -0.139. The molecule has 8 nitrogen and oxygen atoms in total. The first-order valence-electron chi connectivity index (χ1n) is 13.8. The summed E-state index contributed by atoms with van der Waals surface area (Å²) in [4.78, 5) is 39.9. The Balaban J connectivity index is 1.34. The number of ether oxygens (including phenoxy) is 1. The zero-order chi connectivity index (χ0) is 29.5. The molecule has 1 aliphatic rings. The highest BCUT2D eigenvalue weighted by Crippen LogP contribution is 2.44. The molecular weight excluding hydrogens is 532 g/mol. The summed E-state index contributed by atoms with van der Waals surface area (Å²) in [5.74, 6) is -1.51. The van der Waals surface area contributed by atoms with Crippen molar-refractivity contribution in [3.8, 4) is 16.9 Å². The minimum Gasteiger partial charge on any atom is -0.508 e. The number of benzene rings is 4. The van der Waals surface area contributed by atoms with Gasteiger partial charge in [0.1, 0.15) is 18.4 Å². The number of aliphatic carboxylic acids is 1. The van der Waals surface area contributed by atoms with Crippen molar-refractivity contribution >= 4 is 18.0 Å². The average molecular weight is 565 g/mol. The normalized spacial score (nSPS) is 12.6. The SMILES string of the molecule is O=C(O)CCN(Cc1ccccc1)C(=O)C(Cc1ccc(O)cc1)NC(=O)OCC1c2ccccc2-c2ccccc21. The number of phenols is 1. The lowest BCUT2D eigenvalue weighted by atomic mass is 9.98. The fraction of sp³-hybridized carbons (Fsp3) is 0.206. The van der Waals surface area contributed by atoms with Gasteiger partial charge in [-0.15, -0.1) is 0 Å². The van der Waals surface area contributed by atoms with Gasteiger partial charge in [-0.3, -0.25) is 9.59 Å². The molecule has 1 atom stereocenters. The number of nitrogens with one attached hydrogen (secondary N) is 1. The maximum absolute atomic E-state index is 13.9. The van der Waals surface area contributed by atoms with Crippen LogP contribution in [0, 0.1) is 0 Å². The van der Waals surface area contributed by atoms with Crippen molar-refractivity contribution in [3.63, 3.8) is 0 Å². The number of carboxylic acid groups (broad SMARTS) is 1. The molecule has 0 saturated heterocycles. The number of amides is 2. The third-order valence-electron chi connectivity index (χ3n) is 7.43. The summed E-state index contributed by atoms with van der Waals surface area (Å²) in [6.45, 7) is 0.250. The molecule has 1 aliphatic carbocycles. The van der Waals surface area contributed by atoms with Gasteiger partial charge in [0, 0.05) is 25.4 Å². The molecule has 1 unspecified atom stereocenters. The van der Waals surface area contributed by atoms with E-state index in [-0.39, 0.29) is 44.2 Å². The standard InChI is InChI=1S/C34H32N2O6/c37-25-16-14-23(15-17-25)20-31(33(40)36(19-18-32(38)39)21-24-8-2-1-3-9-24)35-34(41)42-22-30-28-12-6-4-10-26(28)27-11-5-7-13-29(27)30/h1-17,30-31,37H,18-22H2,(H,35,41)(H,38,39). The van der Waals surface area contributed by atoms with Gasteiger partial charge in [0.05, 0.1) is 6.42 Å². The summed E-state index contributed by atoms with van der Waals surface area (Å²) in [5.41, 5.74) is 5.91. The Morgan fingerprint density at radius 1 is 0.786 bits per heavy atom. The van der Waals surface area contributed by atoms with Crippen molar-refractivity contribution in [3.05, 3.63) is 125 Å². The summed E-state index contributed by atoms with van der Waals surface area (Å²) in [6.07, 6.45) is -0.858. The van der Waals surface area contributed by atoms with Crippen LogP contribution in [0.15, 0.2) is 103 Å². The van der Waals surface area contributed by atoms with Gasteiger partial charge >= 0.3 is 12.1 Å². The molecule has 0 aromatic heterocycles. The first kappa shape index (κ1) is 28.4. The molecule has 0 radical (unpaired) electrons. The number of carbonyl (C=O) groups is 3. The van der Waals surface area contributed by atoms with Crippen LogP contribution in [0.25, 0.3) is 11.1 Å². The Labute approximate surface area is 244 Å². The molecule has 5 rings (SSSR count). The highest BCUT2D eigenvalue weighted by molar-refractivity contribution is 5.86. The first-order valence-corrected chi connectivity index (χ1v) is 13.8. The highest BCUT2D eigenvalue weighted by Gasteiger charge is 2.31. The average Bonchev–Trinajstić information content (AvgIpc) is 3.32.